The highest BCUT2D eigenvalue weighted by molar-refractivity contribution is 5.63. The van der Waals surface area contributed by atoms with Crippen molar-refractivity contribution in [1.29, 1.82) is 0 Å². The van der Waals surface area contributed by atoms with Crippen LogP contribution in [0.1, 0.15) is 27.2 Å². The molecule has 1 rings (SSSR count). The molecule has 5 nitrogen and oxygen atoms in total. The molecule has 0 spiro atoms. The maximum atomic E-state index is 10.2. The number of nitrogens with zero attached hydrogens (tertiary/aromatic N) is 1. The minimum Gasteiger partial charge on any atom is -0.464 e. The lowest BCUT2D eigenvalue weighted by molar-refractivity contribution is 0.166. The van der Waals surface area contributed by atoms with Gasteiger partial charge in [0, 0.05) is 24.7 Å². The van der Waals surface area contributed by atoms with Crippen molar-refractivity contribution in [3.8, 4) is 0 Å². The van der Waals surface area contributed by atoms with Crippen LogP contribution in [0.15, 0.2) is 0 Å². The van der Waals surface area contributed by atoms with Crippen LogP contribution in [-0.4, -0.2) is 40.8 Å². The van der Waals surface area contributed by atoms with Crippen LogP contribution in [0, 0.1) is 0 Å². The van der Waals surface area contributed by atoms with Crippen molar-refractivity contribution >= 4 is 6.09 Å². The summed E-state index contributed by atoms with van der Waals surface area (Å²) in [6.07, 6.45) is -0.0448. The van der Waals surface area contributed by atoms with Crippen LogP contribution in [-0.2, 0) is 0 Å². The summed E-state index contributed by atoms with van der Waals surface area (Å²) < 4.78 is 0. The van der Waals surface area contributed by atoms with Crippen molar-refractivity contribution in [3.05, 3.63) is 0 Å². The second kappa shape index (κ2) is 4.14. The van der Waals surface area contributed by atoms with Crippen LogP contribution in [0.3, 0.4) is 0 Å². The molecule has 0 radical (unpaired) electrons. The van der Waals surface area contributed by atoms with E-state index in [0.29, 0.717) is 0 Å². The monoisotopic (exact) mass is 201 g/mol. The Morgan fingerprint density at radius 1 is 1.50 bits per heavy atom. The van der Waals surface area contributed by atoms with Crippen LogP contribution in [0.4, 0.5) is 4.79 Å². The van der Waals surface area contributed by atoms with Gasteiger partial charge in [-0.1, -0.05) is 0 Å². The Balaban J connectivity index is 2.31. The Morgan fingerprint density at radius 2 is 2.14 bits per heavy atom. The smallest absolute Gasteiger partial charge is 0.419 e. The van der Waals surface area contributed by atoms with E-state index >= 15 is 0 Å². The van der Waals surface area contributed by atoms with Crippen molar-refractivity contribution in [2.75, 3.05) is 13.1 Å². The molecule has 0 aromatic heterocycles. The first kappa shape index (κ1) is 11.3. The van der Waals surface area contributed by atoms with Crippen molar-refractivity contribution < 1.29 is 9.90 Å². The molecule has 1 amide bonds. The molecule has 1 aliphatic rings. The molecule has 14 heavy (non-hydrogen) atoms. The van der Waals surface area contributed by atoms with E-state index in [0.717, 1.165) is 19.5 Å². The summed E-state index contributed by atoms with van der Waals surface area (Å²) in [4.78, 5) is 12.6. The largest absolute Gasteiger partial charge is 0.464 e. The second-order valence-corrected chi connectivity index (χ2v) is 4.68. The van der Waals surface area contributed by atoms with Crippen LogP contribution in [0.2, 0.25) is 0 Å². The van der Waals surface area contributed by atoms with Gasteiger partial charge in [0.05, 0.1) is 0 Å². The van der Waals surface area contributed by atoms with E-state index in [1.807, 2.05) is 0 Å². The van der Waals surface area contributed by atoms with Gasteiger partial charge in [-0.3, -0.25) is 10.3 Å². The molecule has 0 aromatic carbocycles. The molecule has 1 aliphatic heterocycles. The zero-order valence-corrected chi connectivity index (χ0v) is 9.00. The third-order valence-corrected chi connectivity index (χ3v) is 2.52. The molecule has 0 saturated carbocycles. The van der Waals surface area contributed by atoms with Gasteiger partial charge in [0.25, 0.3) is 0 Å². The average molecular weight is 201 g/mol. The number of carbonyl (C=O) groups is 1. The highest BCUT2D eigenvalue weighted by atomic mass is 16.4. The van der Waals surface area contributed by atoms with E-state index in [9.17, 15) is 4.79 Å². The Labute approximate surface area is 84.4 Å². The van der Waals surface area contributed by atoms with Crippen LogP contribution < -0.4 is 10.9 Å². The molecule has 0 bridgehead atoms. The SMILES string of the molecule is CC(C)(C)N1CCC(NNC(=O)O)C1. The average Bonchev–Trinajstić information content (AvgIpc) is 2.47. The third-order valence-electron chi connectivity index (χ3n) is 2.52. The molecular formula is C9H19N3O2. The first-order valence-corrected chi connectivity index (χ1v) is 4.89. The zero-order valence-electron chi connectivity index (χ0n) is 9.00. The van der Waals surface area contributed by atoms with Gasteiger partial charge in [-0.15, -0.1) is 0 Å². The number of carboxylic acid groups (broad SMARTS) is 1. The normalized spacial score (nSPS) is 23.8. The molecule has 1 saturated heterocycles. The Hall–Kier alpha value is -0.810. The summed E-state index contributed by atoms with van der Waals surface area (Å²) in [5.41, 5.74) is 5.16. The Bertz CT molecular complexity index is 213. The molecule has 82 valence electrons. The predicted octanol–water partition coefficient (Wildman–Crippen LogP) is 0.631. The minimum absolute atomic E-state index is 0.166. The van der Waals surface area contributed by atoms with E-state index in [-0.39, 0.29) is 11.6 Å². The van der Waals surface area contributed by atoms with E-state index in [4.69, 9.17) is 5.11 Å². The fraction of sp³-hybridized carbons (Fsp3) is 0.889. The molecular weight excluding hydrogens is 182 g/mol. The molecule has 1 heterocycles. The zero-order chi connectivity index (χ0) is 10.8. The van der Waals surface area contributed by atoms with Crippen LogP contribution >= 0.6 is 0 Å². The number of rotatable bonds is 2. The maximum Gasteiger partial charge on any atom is 0.419 e. The number of hydrazine groups is 1. The molecule has 1 fully saturated rings. The van der Waals surface area contributed by atoms with Gasteiger partial charge in [-0.2, -0.15) is 0 Å². The minimum atomic E-state index is -1.03. The molecule has 3 N–H and O–H groups in total. The van der Waals surface area contributed by atoms with E-state index < -0.39 is 6.09 Å². The lowest BCUT2D eigenvalue weighted by Gasteiger charge is -2.31. The topological polar surface area (TPSA) is 64.6 Å². The fourth-order valence-electron chi connectivity index (χ4n) is 1.65. The fourth-order valence-corrected chi connectivity index (χ4v) is 1.65. The second-order valence-electron chi connectivity index (χ2n) is 4.68. The van der Waals surface area contributed by atoms with Gasteiger partial charge in [0.1, 0.15) is 0 Å². The summed E-state index contributed by atoms with van der Waals surface area (Å²) in [5.74, 6) is 0. The number of hydrogen-bond acceptors (Lipinski definition) is 3. The summed E-state index contributed by atoms with van der Waals surface area (Å²) >= 11 is 0. The first-order valence-electron chi connectivity index (χ1n) is 4.89. The summed E-state index contributed by atoms with van der Waals surface area (Å²) in [5, 5.41) is 8.41. The van der Waals surface area contributed by atoms with Gasteiger partial charge in [0.2, 0.25) is 0 Å². The van der Waals surface area contributed by atoms with Crippen LogP contribution in [0.25, 0.3) is 0 Å². The number of nitrogens with one attached hydrogen (secondary N) is 2. The van der Waals surface area contributed by atoms with E-state index in [1.54, 1.807) is 0 Å². The summed E-state index contributed by atoms with van der Waals surface area (Å²) in [6, 6.07) is 0.227. The lowest BCUT2D eigenvalue weighted by atomic mass is 10.1. The van der Waals surface area contributed by atoms with Crippen molar-refractivity contribution in [3.63, 3.8) is 0 Å². The Morgan fingerprint density at radius 3 is 2.57 bits per heavy atom. The summed E-state index contributed by atoms with van der Waals surface area (Å²) in [6.45, 7) is 8.41. The highest BCUT2D eigenvalue weighted by Gasteiger charge is 2.29. The van der Waals surface area contributed by atoms with Gasteiger partial charge < -0.3 is 5.11 Å². The third kappa shape index (κ3) is 3.16. The molecule has 5 heteroatoms. The maximum absolute atomic E-state index is 10.2. The number of amides is 1. The standard InChI is InChI=1S/C9H19N3O2/c1-9(2,3)12-5-4-7(6-12)10-11-8(13)14/h7,10-11H,4-6H2,1-3H3,(H,13,14). The Kier molecular flexibility index (Phi) is 3.34. The molecule has 1 atom stereocenters. The highest BCUT2D eigenvalue weighted by Crippen LogP contribution is 2.19. The molecule has 1 unspecified atom stereocenters. The lowest BCUT2D eigenvalue weighted by Crippen LogP contribution is -2.47. The van der Waals surface area contributed by atoms with Gasteiger partial charge in [0.15, 0.2) is 0 Å². The summed E-state index contributed by atoms with van der Waals surface area (Å²) in [7, 11) is 0. The van der Waals surface area contributed by atoms with Gasteiger partial charge in [-0.25, -0.2) is 10.2 Å². The van der Waals surface area contributed by atoms with E-state index in [2.05, 4.69) is 36.5 Å². The van der Waals surface area contributed by atoms with E-state index in [1.165, 1.54) is 0 Å². The van der Waals surface area contributed by atoms with Crippen molar-refractivity contribution in [2.24, 2.45) is 0 Å². The van der Waals surface area contributed by atoms with Gasteiger partial charge >= 0.3 is 6.09 Å². The van der Waals surface area contributed by atoms with Crippen LogP contribution in [0.5, 0.6) is 0 Å². The number of likely N-dealkylation sites (tertiary alicyclic amines) is 1. The van der Waals surface area contributed by atoms with Crippen molar-refractivity contribution in [1.82, 2.24) is 15.8 Å². The molecule has 0 aromatic rings. The predicted molar refractivity (Wildman–Crippen MR) is 54.0 cm³/mol. The molecule has 0 aliphatic carbocycles. The quantitative estimate of drug-likeness (QED) is 0.573. The van der Waals surface area contributed by atoms with Gasteiger partial charge in [-0.05, 0) is 27.2 Å². The van der Waals surface area contributed by atoms with Crippen molar-refractivity contribution in [2.45, 2.75) is 38.8 Å². The first-order chi connectivity index (χ1) is 6.39. The number of hydrogen-bond donors (Lipinski definition) is 3.